The Kier molecular flexibility index (Phi) is 6.04. The molecular formula is C19H28N4O2. The highest BCUT2D eigenvalue weighted by Gasteiger charge is 2.24. The third-order valence-electron chi connectivity index (χ3n) is 5.16. The summed E-state index contributed by atoms with van der Waals surface area (Å²) in [5, 5.41) is 6.35. The zero-order valence-electron chi connectivity index (χ0n) is 14.7. The van der Waals surface area contributed by atoms with Crippen LogP contribution in [0.3, 0.4) is 0 Å². The normalized spacial score (nSPS) is 24.2. The van der Waals surface area contributed by atoms with Crippen LogP contribution in [0.15, 0.2) is 24.3 Å². The van der Waals surface area contributed by atoms with Crippen molar-refractivity contribution in [1.82, 2.24) is 15.5 Å². The number of likely N-dealkylation sites (tertiary alicyclic amines) is 1. The molecular weight excluding hydrogens is 316 g/mol. The van der Waals surface area contributed by atoms with E-state index in [0.29, 0.717) is 11.5 Å². The van der Waals surface area contributed by atoms with Crippen molar-refractivity contribution in [2.45, 2.75) is 38.3 Å². The van der Waals surface area contributed by atoms with Gasteiger partial charge in [0, 0.05) is 25.2 Å². The number of amides is 2. The number of carbonyl (C=O) groups excluding carboxylic acids is 2. The van der Waals surface area contributed by atoms with Crippen LogP contribution < -0.4 is 16.4 Å². The minimum Gasteiger partial charge on any atom is -0.366 e. The fraction of sp³-hybridized carbons (Fsp3) is 0.579. The molecule has 0 aromatic heterocycles. The molecule has 0 bridgehead atoms. The molecule has 1 aromatic carbocycles. The van der Waals surface area contributed by atoms with Gasteiger partial charge in [-0.1, -0.05) is 12.1 Å². The fourth-order valence-corrected chi connectivity index (χ4v) is 3.82. The van der Waals surface area contributed by atoms with Crippen LogP contribution in [0.5, 0.6) is 0 Å². The number of hydrogen-bond donors (Lipinski definition) is 3. The Morgan fingerprint density at radius 2 is 2.16 bits per heavy atom. The first-order valence-electron chi connectivity index (χ1n) is 9.24. The first-order valence-corrected chi connectivity index (χ1v) is 9.24. The first-order chi connectivity index (χ1) is 12.1. The highest BCUT2D eigenvalue weighted by atomic mass is 16.2. The van der Waals surface area contributed by atoms with E-state index in [1.54, 1.807) is 6.07 Å². The maximum Gasteiger partial charge on any atom is 0.248 e. The number of benzene rings is 1. The van der Waals surface area contributed by atoms with Crippen LogP contribution in [-0.2, 0) is 11.3 Å². The molecule has 6 nitrogen and oxygen atoms in total. The molecule has 2 fully saturated rings. The van der Waals surface area contributed by atoms with Gasteiger partial charge < -0.3 is 16.4 Å². The molecule has 2 amide bonds. The summed E-state index contributed by atoms with van der Waals surface area (Å²) in [5.41, 5.74) is 7.02. The van der Waals surface area contributed by atoms with Gasteiger partial charge in [0.2, 0.25) is 11.8 Å². The topological polar surface area (TPSA) is 87.5 Å². The molecule has 0 saturated carbocycles. The Morgan fingerprint density at radius 1 is 1.28 bits per heavy atom. The molecule has 2 heterocycles. The predicted octanol–water partition coefficient (Wildman–Crippen LogP) is 0.866. The smallest absolute Gasteiger partial charge is 0.248 e. The van der Waals surface area contributed by atoms with E-state index in [-0.39, 0.29) is 17.9 Å². The van der Waals surface area contributed by atoms with Crippen LogP contribution >= 0.6 is 0 Å². The lowest BCUT2D eigenvalue weighted by Gasteiger charge is -2.33. The van der Waals surface area contributed by atoms with Gasteiger partial charge in [-0.25, -0.2) is 0 Å². The highest BCUT2D eigenvalue weighted by Crippen LogP contribution is 2.19. The van der Waals surface area contributed by atoms with Gasteiger partial charge in [-0.15, -0.1) is 0 Å². The summed E-state index contributed by atoms with van der Waals surface area (Å²) in [6, 6.07) is 7.53. The minimum atomic E-state index is -0.387. The molecule has 4 N–H and O–H groups in total. The quantitative estimate of drug-likeness (QED) is 0.714. The number of piperidine rings is 1. The summed E-state index contributed by atoms with van der Waals surface area (Å²) in [7, 11) is 0. The van der Waals surface area contributed by atoms with Crippen molar-refractivity contribution in [2.24, 2.45) is 11.7 Å². The standard InChI is InChI=1S/C19H28N4O2/c20-18(24)16-6-1-4-14(10-16)12-23-9-3-5-15(13-23)11-22-19(25)17-7-2-8-21-17/h1,4,6,10,15,17,21H,2-3,5,7-9,11-13H2,(H2,20,24)(H,22,25). The number of carbonyl (C=O) groups is 2. The molecule has 25 heavy (non-hydrogen) atoms. The van der Waals surface area contributed by atoms with Gasteiger partial charge in [0.05, 0.1) is 6.04 Å². The summed E-state index contributed by atoms with van der Waals surface area (Å²) in [6.07, 6.45) is 4.31. The number of nitrogens with two attached hydrogens (primary N) is 1. The van der Waals surface area contributed by atoms with Gasteiger partial charge in [-0.05, 0) is 62.4 Å². The zero-order valence-corrected chi connectivity index (χ0v) is 14.7. The largest absolute Gasteiger partial charge is 0.366 e. The summed E-state index contributed by atoms with van der Waals surface area (Å²) in [6.45, 7) is 4.53. The average molecular weight is 344 g/mol. The average Bonchev–Trinajstić information content (AvgIpc) is 3.15. The van der Waals surface area contributed by atoms with Crippen LogP contribution in [0.25, 0.3) is 0 Å². The zero-order chi connectivity index (χ0) is 17.6. The van der Waals surface area contributed by atoms with E-state index in [9.17, 15) is 9.59 Å². The second kappa shape index (κ2) is 8.45. The molecule has 0 spiro atoms. The summed E-state index contributed by atoms with van der Waals surface area (Å²) in [4.78, 5) is 25.8. The fourth-order valence-electron chi connectivity index (χ4n) is 3.82. The van der Waals surface area contributed by atoms with Gasteiger partial charge in [-0.2, -0.15) is 0 Å². The van der Waals surface area contributed by atoms with Crippen LogP contribution in [0, 0.1) is 5.92 Å². The number of nitrogens with one attached hydrogen (secondary N) is 2. The van der Waals surface area contributed by atoms with E-state index >= 15 is 0 Å². The maximum atomic E-state index is 12.1. The lowest BCUT2D eigenvalue weighted by atomic mass is 9.97. The number of primary amides is 1. The molecule has 2 aliphatic rings. The van der Waals surface area contributed by atoms with Crippen molar-refractivity contribution in [3.8, 4) is 0 Å². The lowest BCUT2D eigenvalue weighted by molar-refractivity contribution is -0.123. The second-order valence-corrected chi connectivity index (χ2v) is 7.20. The van der Waals surface area contributed by atoms with Gasteiger partial charge in [0.25, 0.3) is 0 Å². The summed E-state index contributed by atoms with van der Waals surface area (Å²) < 4.78 is 0. The maximum absolute atomic E-state index is 12.1. The van der Waals surface area contributed by atoms with E-state index < -0.39 is 0 Å². The van der Waals surface area contributed by atoms with E-state index in [4.69, 9.17) is 5.73 Å². The van der Waals surface area contributed by atoms with Crippen LogP contribution in [-0.4, -0.2) is 48.9 Å². The van der Waals surface area contributed by atoms with Crippen molar-refractivity contribution in [3.05, 3.63) is 35.4 Å². The Bertz CT molecular complexity index is 613. The van der Waals surface area contributed by atoms with Gasteiger partial charge in [0.1, 0.15) is 0 Å². The molecule has 136 valence electrons. The molecule has 2 unspecified atom stereocenters. The molecule has 2 saturated heterocycles. The van der Waals surface area contributed by atoms with Crippen molar-refractivity contribution >= 4 is 11.8 Å². The summed E-state index contributed by atoms with van der Waals surface area (Å²) >= 11 is 0. The van der Waals surface area contributed by atoms with E-state index in [0.717, 1.165) is 64.0 Å². The van der Waals surface area contributed by atoms with Crippen molar-refractivity contribution in [2.75, 3.05) is 26.2 Å². The highest BCUT2D eigenvalue weighted by molar-refractivity contribution is 5.92. The second-order valence-electron chi connectivity index (χ2n) is 7.20. The van der Waals surface area contributed by atoms with Crippen LogP contribution in [0.4, 0.5) is 0 Å². The summed E-state index contributed by atoms with van der Waals surface area (Å²) in [5.74, 6) is 0.240. The van der Waals surface area contributed by atoms with Crippen LogP contribution in [0.1, 0.15) is 41.6 Å². The molecule has 0 radical (unpaired) electrons. The van der Waals surface area contributed by atoms with Gasteiger partial charge in [-0.3, -0.25) is 14.5 Å². The Balaban J connectivity index is 1.48. The first kappa shape index (κ1) is 17.9. The third-order valence-corrected chi connectivity index (χ3v) is 5.16. The van der Waals surface area contributed by atoms with E-state index in [1.165, 1.54) is 0 Å². The van der Waals surface area contributed by atoms with Crippen LogP contribution in [0.2, 0.25) is 0 Å². The minimum absolute atomic E-state index is 0.00349. The molecule has 1 aromatic rings. The number of hydrogen-bond acceptors (Lipinski definition) is 4. The van der Waals surface area contributed by atoms with Gasteiger partial charge >= 0.3 is 0 Å². The Labute approximate surface area is 149 Å². The molecule has 0 aliphatic carbocycles. The van der Waals surface area contributed by atoms with Crippen molar-refractivity contribution < 1.29 is 9.59 Å². The Morgan fingerprint density at radius 3 is 2.92 bits per heavy atom. The predicted molar refractivity (Wildman–Crippen MR) is 97.0 cm³/mol. The number of rotatable bonds is 6. The van der Waals surface area contributed by atoms with E-state index in [2.05, 4.69) is 15.5 Å². The molecule has 6 heteroatoms. The lowest BCUT2D eigenvalue weighted by Crippen LogP contribution is -2.45. The number of nitrogens with zero attached hydrogens (tertiary/aromatic N) is 1. The third kappa shape index (κ3) is 5.03. The van der Waals surface area contributed by atoms with E-state index in [1.807, 2.05) is 18.2 Å². The molecule has 2 atom stereocenters. The monoisotopic (exact) mass is 344 g/mol. The SMILES string of the molecule is NC(=O)c1cccc(CN2CCCC(CNC(=O)C3CCCN3)C2)c1. The Hall–Kier alpha value is -1.92. The molecule has 3 rings (SSSR count). The van der Waals surface area contributed by atoms with Gasteiger partial charge in [0.15, 0.2) is 0 Å². The van der Waals surface area contributed by atoms with Crippen molar-refractivity contribution in [1.29, 1.82) is 0 Å². The van der Waals surface area contributed by atoms with Crippen molar-refractivity contribution in [3.63, 3.8) is 0 Å². The molecule has 2 aliphatic heterocycles.